The zero-order valence-electron chi connectivity index (χ0n) is 11.4. The van der Waals surface area contributed by atoms with Gasteiger partial charge in [0.15, 0.2) is 0 Å². The molecule has 0 aromatic heterocycles. The second-order valence-corrected chi connectivity index (χ2v) is 5.23. The molecule has 19 heavy (non-hydrogen) atoms. The molecule has 0 radical (unpaired) electrons. The minimum Gasteiger partial charge on any atom is -0.508 e. The molecule has 1 amide bonds. The van der Waals surface area contributed by atoms with Crippen molar-refractivity contribution in [3.63, 3.8) is 0 Å². The Kier molecular flexibility index (Phi) is 4.43. The molecule has 0 unspecified atom stereocenters. The maximum Gasteiger partial charge on any atom is 0.254 e. The number of carbonyl (C=O) groups excluding carboxylic acids is 1. The summed E-state index contributed by atoms with van der Waals surface area (Å²) in [5, 5.41) is 9.53. The summed E-state index contributed by atoms with van der Waals surface area (Å²) in [7, 11) is 0. The predicted octanol–water partition coefficient (Wildman–Crippen LogP) is 2.04. The molecule has 0 spiro atoms. The van der Waals surface area contributed by atoms with Crippen molar-refractivity contribution in [2.24, 2.45) is 5.73 Å². The minimum atomic E-state index is 0.0567. The van der Waals surface area contributed by atoms with Gasteiger partial charge in [-0.3, -0.25) is 4.79 Å². The molecule has 0 aliphatic heterocycles. The largest absolute Gasteiger partial charge is 0.508 e. The Bertz CT molecular complexity index is 455. The van der Waals surface area contributed by atoms with E-state index in [1.807, 2.05) is 4.90 Å². The number of aromatic hydroxyl groups is 1. The fourth-order valence-corrected chi connectivity index (χ4v) is 2.36. The van der Waals surface area contributed by atoms with E-state index < -0.39 is 0 Å². The van der Waals surface area contributed by atoms with Crippen LogP contribution in [0, 0.1) is 6.92 Å². The highest BCUT2D eigenvalue weighted by atomic mass is 16.3. The van der Waals surface area contributed by atoms with E-state index in [-0.39, 0.29) is 11.7 Å². The number of nitrogens with two attached hydrogens (primary N) is 1. The molecular formula is C15H22N2O2. The maximum atomic E-state index is 12.6. The Labute approximate surface area is 114 Å². The lowest BCUT2D eigenvalue weighted by atomic mass is 9.90. The Morgan fingerprint density at radius 1 is 1.47 bits per heavy atom. The summed E-state index contributed by atoms with van der Waals surface area (Å²) in [5.41, 5.74) is 6.93. The summed E-state index contributed by atoms with van der Waals surface area (Å²) in [6.45, 7) is 3.13. The van der Waals surface area contributed by atoms with E-state index in [0.717, 1.165) is 31.4 Å². The van der Waals surface area contributed by atoms with Crippen LogP contribution in [-0.2, 0) is 0 Å². The van der Waals surface area contributed by atoms with Gasteiger partial charge < -0.3 is 15.7 Å². The molecule has 1 fully saturated rings. The highest BCUT2D eigenvalue weighted by molar-refractivity contribution is 5.94. The molecule has 0 atom stereocenters. The van der Waals surface area contributed by atoms with Gasteiger partial charge in [0.05, 0.1) is 0 Å². The summed E-state index contributed by atoms with van der Waals surface area (Å²) in [5.74, 6) is 0.287. The van der Waals surface area contributed by atoms with Gasteiger partial charge in [0.1, 0.15) is 5.75 Å². The highest BCUT2D eigenvalue weighted by Gasteiger charge is 2.29. The van der Waals surface area contributed by atoms with Gasteiger partial charge in [-0.2, -0.15) is 0 Å². The Hall–Kier alpha value is -1.55. The standard InChI is InChI=1S/C15H22N2O2/c1-11-10-12(6-7-14(11)18)15(19)17(9-3-8-16)13-4-2-5-13/h6-7,10,13,18H,2-5,8-9,16H2,1H3. The van der Waals surface area contributed by atoms with E-state index in [9.17, 15) is 9.90 Å². The van der Waals surface area contributed by atoms with E-state index in [1.165, 1.54) is 6.42 Å². The number of nitrogens with zero attached hydrogens (tertiary/aromatic N) is 1. The summed E-state index contributed by atoms with van der Waals surface area (Å²) < 4.78 is 0. The normalized spacial score (nSPS) is 15.1. The van der Waals surface area contributed by atoms with Crippen LogP contribution in [-0.4, -0.2) is 35.0 Å². The molecule has 1 saturated carbocycles. The number of phenols is 1. The van der Waals surface area contributed by atoms with Crippen molar-refractivity contribution < 1.29 is 9.90 Å². The molecule has 4 heteroatoms. The SMILES string of the molecule is Cc1cc(C(=O)N(CCCN)C2CCC2)ccc1O. The van der Waals surface area contributed by atoms with Crippen LogP contribution in [0.2, 0.25) is 0 Å². The Morgan fingerprint density at radius 3 is 2.74 bits per heavy atom. The van der Waals surface area contributed by atoms with E-state index in [4.69, 9.17) is 5.73 Å². The van der Waals surface area contributed by atoms with Crippen LogP contribution in [0.5, 0.6) is 5.75 Å². The third-order valence-electron chi connectivity index (χ3n) is 3.82. The molecule has 3 N–H and O–H groups in total. The monoisotopic (exact) mass is 262 g/mol. The van der Waals surface area contributed by atoms with Crippen molar-refractivity contribution >= 4 is 5.91 Å². The fraction of sp³-hybridized carbons (Fsp3) is 0.533. The molecule has 1 aromatic carbocycles. The van der Waals surface area contributed by atoms with E-state index >= 15 is 0 Å². The van der Waals surface area contributed by atoms with Crippen LogP contribution in [0.1, 0.15) is 41.6 Å². The van der Waals surface area contributed by atoms with Crippen LogP contribution >= 0.6 is 0 Å². The average Bonchev–Trinajstić information content (AvgIpc) is 2.34. The first-order valence-electron chi connectivity index (χ1n) is 6.94. The van der Waals surface area contributed by atoms with Gasteiger partial charge in [-0.1, -0.05) is 0 Å². The Balaban J connectivity index is 2.15. The van der Waals surface area contributed by atoms with Crippen molar-refractivity contribution in [1.82, 2.24) is 4.90 Å². The van der Waals surface area contributed by atoms with Crippen LogP contribution in [0.3, 0.4) is 0 Å². The molecule has 0 saturated heterocycles. The summed E-state index contributed by atoms with van der Waals surface area (Å²) in [6, 6.07) is 5.41. The van der Waals surface area contributed by atoms with Crippen molar-refractivity contribution in [1.29, 1.82) is 0 Å². The zero-order chi connectivity index (χ0) is 13.8. The van der Waals surface area contributed by atoms with Gasteiger partial charge in [-0.05, 0) is 62.9 Å². The predicted molar refractivity (Wildman–Crippen MR) is 75.2 cm³/mol. The maximum absolute atomic E-state index is 12.6. The van der Waals surface area contributed by atoms with Gasteiger partial charge >= 0.3 is 0 Å². The Morgan fingerprint density at radius 2 is 2.21 bits per heavy atom. The van der Waals surface area contributed by atoms with Gasteiger partial charge in [0.25, 0.3) is 5.91 Å². The number of carbonyl (C=O) groups is 1. The first kappa shape index (κ1) is 13.9. The molecular weight excluding hydrogens is 240 g/mol. The minimum absolute atomic E-state index is 0.0567. The lowest BCUT2D eigenvalue weighted by molar-refractivity contribution is 0.0578. The second kappa shape index (κ2) is 6.06. The fourth-order valence-electron chi connectivity index (χ4n) is 2.36. The number of amides is 1. The topological polar surface area (TPSA) is 66.6 Å². The smallest absolute Gasteiger partial charge is 0.254 e. The third kappa shape index (κ3) is 3.07. The molecule has 1 aliphatic rings. The third-order valence-corrected chi connectivity index (χ3v) is 3.82. The summed E-state index contributed by atoms with van der Waals surface area (Å²) in [6.07, 6.45) is 4.21. The molecule has 2 rings (SSSR count). The van der Waals surface area contributed by atoms with Gasteiger partial charge in [-0.15, -0.1) is 0 Å². The van der Waals surface area contributed by atoms with Crippen molar-refractivity contribution in [3.8, 4) is 5.75 Å². The van der Waals surface area contributed by atoms with Crippen LogP contribution < -0.4 is 5.73 Å². The second-order valence-electron chi connectivity index (χ2n) is 5.23. The molecule has 4 nitrogen and oxygen atoms in total. The van der Waals surface area contributed by atoms with Gasteiger partial charge in [0, 0.05) is 18.2 Å². The summed E-state index contributed by atoms with van der Waals surface area (Å²) >= 11 is 0. The number of hydrogen-bond acceptors (Lipinski definition) is 3. The zero-order valence-corrected chi connectivity index (χ0v) is 11.4. The lowest BCUT2D eigenvalue weighted by Crippen LogP contribution is -2.45. The highest BCUT2D eigenvalue weighted by Crippen LogP contribution is 2.27. The number of hydrogen-bond donors (Lipinski definition) is 2. The number of benzene rings is 1. The van der Waals surface area contributed by atoms with Gasteiger partial charge in [-0.25, -0.2) is 0 Å². The summed E-state index contributed by atoms with van der Waals surface area (Å²) in [4.78, 5) is 14.5. The number of phenolic OH excluding ortho intramolecular Hbond substituents is 1. The van der Waals surface area contributed by atoms with Crippen LogP contribution in [0.25, 0.3) is 0 Å². The quantitative estimate of drug-likeness (QED) is 0.853. The molecule has 0 bridgehead atoms. The molecule has 1 aromatic rings. The van der Waals surface area contributed by atoms with Crippen molar-refractivity contribution in [2.75, 3.05) is 13.1 Å². The molecule has 104 valence electrons. The first-order valence-corrected chi connectivity index (χ1v) is 6.94. The van der Waals surface area contributed by atoms with Crippen LogP contribution in [0.4, 0.5) is 0 Å². The number of aryl methyl sites for hydroxylation is 1. The van der Waals surface area contributed by atoms with Crippen molar-refractivity contribution in [2.45, 2.75) is 38.6 Å². The molecule has 1 aliphatic carbocycles. The first-order chi connectivity index (χ1) is 9.13. The van der Waals surface area contributed by atoms with E-state index in [1.54, 1.807) is 25.1 Å². The lowest BCUT2D eigenvalue weighted by Gasteiger charge is -2.37. The van der Waals surface area contributed by atoms with Crippen molar-refractivity contribution in [3.05, 3.63) is 29.3 Å². The van der Waals surface area contributed by atoms with Gasteiger partial charge in [0.2, 0.25) is 0 Å². The average molecular weight is 262 g/mol. The van der Waals surface area contributed by atoms with Crippen LogP contribution in [0.15, 0.2) is 18.2 Å². The van der Waals surface area contributed by atoms with E-state index in [2.05, 4.69) is 0 Å². The van der Waals surface area contributed by atoms with E-state index in [0.29, 0.717) is 18.2 Å². The molecule has 0 heterocycles. The number of rotatable bonds is 5.